The summed E-state index contributed by atoms with van der Waals surface area (Å²) >= 11 is 0. The number of carbonyl (C=O) groups excluding carboxylic acids is 1. The number of phenols is 1. The van der Waals surface area contributed by atoms with E-state index in [1.54, 1.807) is 18.2 Å². The Bertz CT molecular complexity index is 1090. The lowest BCUT2D eigenvalue weighted by Crippen LogP contribution is -2.37. The van der Waals surface area contributed by atoms with Crippen molar-refractivity contribution in [2.45, 2.75) is 65.4 Å². The predicted octanol–water partition coefficient (Wildman–Crippen LogP) is 4.71. The van der Waals surface area contributed by atoms with Crippen molar-refractivity contribution in [1.29, 1.82) is 5.41 Å². The summed E-state index contributed by atoms with van der Waals surface area (Å²) in [7, 11) is 0. The molecule has 7 nitrogen and oxygen atoms in total. The predicted molar refractivity (Wildman–Crippen MR) is 138 cm³/mol. The number of fused-ring (bicyclic) bond motifs is 1. The van der Waals surface area contributed by atoms with E-state index in [4.69, 9.17) is 15.9 Å². The van der Waals surface area contributed by atoms with E-state index in [1.807, 2.05) is 32.9 Å². The lowest BCUT2D eigenvalue weighted by molar-refractivity contribution is -0.116. The van der Waals surface area contributed by atoms with Crippen molar-refractivity contribution in [1.82, 2.24) is 5.32 Å². The smallest absolute Gasteiger partial charge is 0.243 e. The van der Waals surface area contributed by atoms with Crippen molar-refractivity contribution in [3.05, 3.63) is 58.2 Å². The fourth-order valence-electron chi connectivity index (χ4n) is 4.37. The van der Waals surface area contributed by atoms with Crippen LogP contribution >= 0.6 is 0 Å². The molecule has 0 aliphatic carbocycles. The van der Waals surface area contributed by atoms with Gasteiger partial charge in [0, 0.05) is 23.9 Å². The number of anilines is 1. The highest BCUT2D eigenvalue weighted by Crippen LogP contribution is 2.44. The Hall–Kier alpha value is -3.48. The van der Waals surface area contributed by atoms with Crippen LogP contribution in [-0.2, 0) is 11.2 Å². The van der Waals surface area contributed by atoms with Crippen LogP contribution in [0.4, 0.5) is 5.69 Å². The van der Waals surface area contributed by atoms with Gasteiger partial charge in [0.05, 0.1) is 0 Å². The molecule has 0 radical (unpaired) electrons. The van der Waals surface area contributed by atoms with E-state index in [1.165, 1.54) is 6.08 Å². The molecule has 0 bridgehead atoms. The summed E-state index contributed by atoms with van der Waals surface area (Å²) in [4.78, 5) is 12.1. The highest BCUT2D eigenvalue weighted by Gasteiger charge is 2.34. The molecule has 3 rings (SSSR count). The van der Waals surface area contributed by atoms with Gasteiger partial charge < -0.3 is 26.2 Å². The van der Waals surface area contributed by atoms with Gasteiger partial charge in [-0.1, -0.05) is 12.1 Å². The Morgan fingerprint density at radius 3 is 2.56 bits per heavy atom. The van der Waals surface area contributed by atoms with Gasteiger partial charge in [0.2, 0.25) is 5.91 Å². The normalized spacial score (nSPS) is 17.2. The molecule has 0 spiro atoms. The Morgan fingerprint density at radius 2 is 1.88 bits per heavy atom. The maximum Gasteiger partial charge on any atom is 0.243 e. The van der Waals surface area contributed by atoms with Crippen LogP contribution in [0.3, 0.4) is 0 Å². The summed E-state index contributed by atoms with van der Waals surface area (Å²) in [5, 5.41) is 23.2. The largest absolute Gasteiger partial charge is 0.507 e. The molecule has 0 saturated heterocycles. The molecule has 1 aliphatic rings. The average molecular weight is 465 g/mol. The maximum absolute atomic E-state index is 12.1. The third-order valence-electron chi connectivity index (χ3n) is 6.64. The van der Waals surface area contributed by atoms with Gasteiger partial charge in [-0.25, -0.2) is 0 Å². The SMILES string of the molecule is Cc1c(C)c2c(c(C)c1O)CCC(C)(CCCCNC(=O)/C=C/c1ccc(NC(=N)N)cc1)O2. The van der Waals surface area contributed by atoms with Crippen LogP contribution in [0.2, 0.25) is 0 Å². The molecule has 34 heavy (non-hydrogen) atoms. The first-order valence-corrected chi connectivity index (χ1v) is 11.8. The number of rotatable bonds is 8. The molecule has 7 heteroatoms. The fraction of sp³-hybridized carbons (Fsp3) is 0.407. The van der Waals surface area contributed by atoms with E-state index in [0.29, 0.717) is 12.3 Å². The molecule has 1 aliphatic heterocycles. The van der Waals surface area contributed by atoms with Crippen LogP contribution < -0.4 is 21.1 Å². The van der Waals surface area contributed by atoms with Crippen molar-refractivity contribution in [2.24, 2.45) is 5.73 Å². The summed E-state index contributed by atoms with van der Waals surface area (Å²) in [6.07, 6.45) is 7.85. The second-order valence-corrected chi connectivity index (χ2v) is 9.33. The molecule has 2 aromatic rings. The minimum Gasteiger partial charge on any atom is -0.507 e. The van der Waals surface area contributed by atoms with Crippen LogP contribution in [0.25, 0.3) is 6.08 Å². The van der Waals surface area contributed by atoms with E-state index in [-0.39, 0.29) is 17.5 Å². The third kappa shape index (κ3) is 6.10. The summed E-state index contributed by atoms with van der Waals surface area (Å²) in [5.74, 6) is 1.08. The van der Waals surface area contributed by atoms with Crippen LogP contribution in [0.15, 0.2) is 30.3 Å². The highest BCUT2D eigenvalue weighted by molar-refractivity contribution is 5.92. The molecule has 1 atom stereocenters. The standard InChI is InChI=1S/C27H36N4O3/c1-17-18(2)25-22(19(3)24(17)33)13-15-27(4,34-25)14-5-6-16-30-23(32)12-9-20-7-10-21(11-8-20)31-26(28)29/h7-12,33H,5-6,13-16H2,1-4H3,(H,30,32)(H4,28,29,31)/b12-9+. The van der Waals surface area contributed by atoms with Crippen LogP contribution in [0, 0.1) is 26.2 Å². The van der Waals surface area contributed by atoms with Gasteiger partial charge in [0.25, 0.3) is 0 Å². The van der Waals surface area contributed by atoms with Crippen molar-refractivity contribution < 1.29 is 14.6 Å². The van der Waals surface area contributed by atoms with Crippen LogP contribution in [0.1, 0.15) is 60.4 Å². The number of nitrogens with two attached hydrogens (primary N) is 1. The van der Waals surface area contributed by atoms with Crippen LogP contribution in [-0.4, -0.2) is 29.1 Å². The average Bonchev–Trinajstić information content (AvgIpc) is 2.80. The van der Waals surface area contributed by atoms with E-state index < -0.39 is 0 Å². The molecular formula is C27H36N4O3. The molecular weight excluding hydrogens is 428 g/mol. The lowest BCUT2D eigenvalue weighted by atomic mass is 9.85. The number of hydrogen-bond acceptors (Lipinski definition) is 4. The molecule has 2 aromatic carbocycles. The molecule has 0 fully saturated rings. The number of hydrogen-bond donors (Lipinski definition) is 5. The number of aromatic hydroxyl groups is 1. The highest BCUT2D eigenvalue weighted by atomic mass is 16.5. The molecule has 6 N–H and O–H groups in total. The van der Waals surface area contributed by atoms with Crippen molar-refractivity contribution in [2.75, 3.05) is 11.9 Å². The number of amides is 1. The summed E-state index contributed by atoms with van der Waals surface area (Å²) in [5.41, 5.74) is 10.7. The molecule has 0 saturated carbocycles. The number of carbonyl (C=O) groups is 1. The lowest BCUT2D eigenvalue weighted by Gasteiger charge is -2.38. The summed E-state index contributed by atoms with van der Waals surface area (Å²) < 4.78 is 6.48. The Kier molecular flexibility index (Phi) is 7.87. The molecule has 0 aromatic heterocycles. The van der Waals surface area contributed by atoms with Crippen molar-refractivity contribution in [3.63, 3.8) is 0 Å². The quantitative estimate of drug-likeness (QED) is 0.168. The molecule has 1 heterocycles. The Balaban J connectivity index is 1.43. The first-order chi connectivity index (χ1) is 16.1. The monoisotopic (exact) mass is 464 g/mol. The van der Waals surface area contributed by atoms with Crippen LogP contribution in [0.5, 0.6) is 11.5 Å². The number of guanidine groups is 1. The molecule has 182 valence electrons. The van der Waals surface area contributed by atoms with Crippen molar-refractivity contribution >= 4 is 23.6 Å². The second kappa shape index (κ2) is 10.6. The van der Waals surface area contributed by atoms with Gasteiger partial charge in [-0.2, -0.15) is 0 Å². The van der Waals surface area contributed by atoms with Gasteiger partial charge in [-0.15, -0.1) is 0 Å². The first kappa shape index (κ1) is 25.1. The molecule has 1 unspecified atom stereocenters. The van der Waals surface area contributed by atoms with Crippen molar-refractivity contribution in [3.8, 4) is 11.5 Å². The minimum absolute atomic E-state index is 0.114. The van der Waals surface area contributed by atoms with E-state index in [9.17, 15) is 9.90 Å². The van der Waals surface area contributed by atoms with E-state index in [2.05, 4.69) is 17.6 Å². The number of benzene rings is 2. The number of unbranched alkanes of at least 4 members (excludes halogenated alkanes) is 1. The Labute approximate surface area is 201 Å². The van der Waals surface area contributed by atoms with Gasteiger partial charge in [-0.3, -0.25) is 10.2 Å². The molecule has 1 amide bonds. The van der Waals surface area contributed by atoms with Gasteiger partial charge in [-0.05, 0) is 100 Å². The van der Waals surface area contributed by atoms with Gasteiger partial charge in [0.15, 0.2) is 5.96 Å². The van der Waals surface area contributed by atoms with Gasteiger partial charge >= 0.3 is 0 Å². The number of nitrogens with one attached hydrogen (secondary N) is 3. The zero-order chi connectivity index (χ0) is 24.9. The maximum atomic E-state index is 12.1. The summed E-state index contributed by atoms with van der Waals surface area (Å²) in [6, 6.07) is 7.31. The third-order valence-corrected chi connectivity index (χ3v) is 6.64. The number of phenolic OH excluding ortho intramolecular Hbond substituents is 1. The zero-order valence-corrected chi connectivity index (χ0v) is 20.5. The van der Waals surface area contributed by atoms with E-state index >= 15 is 0 Å². The fourth-order valence-corrected chi connectivity index (χ4v) is 4.37. The summed E-state index contributed by atoms with van der Waals surface area (Å²) in [6.45, 7) is 8.68. The minimum atomic E-state index is -0.235. The topological polar surface area (TPSA) is 120 Å². The number of ether oxygens (including phenoxy) is 1. The zero-order valence-electron chi connectivity index (χ0n) is 20.5. The first-order valence-electron chi connectivity index (χ1n) is 11.8. The van der Waals surface area contributed by atoms with Gasteiger partial charge in [0.1, 0.15) is 17.1 Å². The second-order valence-electron chi connectivity index (χ2n) is 9.33. The van der Waals surface area contributed by atoms with E-state index in [0.717, 1.165) is 71.4 Å². The Morgan fingerprint density at radius 1 is 1.18 bits per heavy atom.